The number of aliphatic hydroxyl groups excluding tert-OH is 3. The molecule has 6 saturated heterocycles. The van der Waals surface area contributed by atoms with Gasteiger partial charge in [0.15, 0.2) is 33.6 Å². The lowest BCUT2D eigenvalue weighted by atomic mass is 9.70. The molecule has 21 atom stereocenters. The topological polar surface area (TPSA) is 329 Å². The first-order valence-corrected chi connectivity index (χ1v) is 42.9. The van der Waals surface area contributed by atoms with E-state index in [9.17, 15) is 55.4 Å². The van der Waals surface area contributed by atoms with Crippen molar-refractivity contribution in [3.63, 3.8) is 0 Å². The number of aromatic nitrogens is 3. The second-order valence-corrected chi connectivity index (χ2v) is 35.6. The molecule has 21 rings (SSSR count). The van der Waals surface area contributed by atoms with Gasteiger partial charge in [0.1, 0.15) is 52.8 Å². The van der Waals surface area contributed by atoms with E-state index < -0.39 is 93.4 Å². The van der Waals surface area contributed by atoms with Crippen molar-refractivity contribution in [2.45, 2.75) is 202 Å². The summed E-state index contributed by atoms with van der Waals surface area (Å²) in [6, 6.07) is 54.2. The number of ether oxygens (including phenoxy) is 6. The highest BCUT2D eigenvalue weighted by Gasteiger charge is 2.82. The van der Waals surface area contributed by atoms with Crippen LogP contribution in [0, 0.1) is 29.1 Å². The van der Waals surface area contributed by atoms with Crippen LogP contribution in [-0.4, -0.2) is 154 Å². The molecule has 119 heavy (non-hydrogen) atoms. The summed E-state index contributed by atoms with van der Waals surface area (Å²) in [5.74, 6) is -5.48. The smallest absolute Gasteiger partial charge is 0.310 e. The Balaban J connectivity index is 0.000000117. The number of hydrogen-bond donors (Lipinski definition) is 8. The maximum absolute atomic E-state index is 14.7. The third kappa shape index (κ3) is 12.1. The Morgan fingerprint density at radius 3 is 1.03 bits per heavy atom. The van der Waals surface area contributed by atoms with E-state index in [2.05, 4.69) is 58.2 Å². The molecule has 6 aromatic carbocycles. The van der Waals surface area contributed by atoms with Crippen molar-refractivity contribution in [3.8, 4) is 40.6 Å². The lowest BCUT2D eigenvalue weighted by molar-refractivity contribution is -0.159. The van der Waals surface area contributed by atoms with Crippen LogP contribution in [0.25, 0.3) is 0 Å². The number of carboxylic acids is 1. The highest BCUT2D eigenvalue weighted by atomic mass is 79.9. The van der Waals surface area contributed by atoms with E-state index in [0.717, 1.165) is 96.4 Å². The molecule has 8 N–H and O–H groups in total. The van der Waals surface area contributed by atoms with Gasteiger partial charge in [-0.3, -0.25) is 29.3 Å². The number of carboxylic acid groups (broad SMARTS) is 1. The SMILES string of the molecule is C1C[C@@H]2CC[C@H](C1)N2.COc1cncc2c1[C@]1(O)[C@H](O)[C@H](C(=O)N3[C@@H]4CCC[C@H]3CC4)[C@@H](c3ccccc3)[C@]1(c1ccc(Br)cc1)O2.COc1cncc2c1[C@]1(O)[C@H](O)[C@H](C(=O)N3[C@@H]4CCC[C@H]3CC4)[C@@H](c3ccccc3)[C@]1(c1ccc(C#N)cc1)O2.COc1cncc2c1[C@]1(O)[C@H](O)[C@H](C(=O)O)[C@@H](c3ccccc3)[C@]1(c1ccc(Br)cc1)O2. The monoisotopic (exact) mass is 1740 g/mol. The summed E-state index contributed by atoms with van der Waals surface area (Å²) in [4.78, 5) is 58.5. The number of aliphatic carboxylic acids is 1. The Bertz CT molecular complexity index is 5310. The molecule has 3 aliphatic carbocycles. The third-order valence-electron chi connectivity index (χ3n) is 28.3. The predicted molar refractivity (Wildman–Crippen MR) is 443 cm³/mol. The number of nitriles is 1. The van der Waals surface area contributed by atoms with E-state index in [0.29, 0.717) is 44.9 Å². The summed E-state index contributed by atoms with van der Waals surface area (Å²) in [5, 5.41) is 97.7. The lowest BCUT2D eigenvalue weighted by Gasteiger charge is -2.41. The van der Waals surface area contributed by atoms with Crippen molar-refractivity contribution in [3.05, 3.63) is 266 Å². The molecule has 9 fully saturated rings. The number of amides is 2. The first-order valence-electron chi connectivity index (χ1n) is 41.3. The van der Waals surface area contributed by atoms with Gasteiger partial charge in [-0.25, -0.2) is 0 Å². The molecule has 6 bridgehead atoms. The Kier molecular flexibility index (Phi) is 21.1. The number of piperidine rings is 3. The normalized spacial score (nSPS) is 33.7. The molecular formula is C94H95Br2N7O16. The fourth-order valence-electron chi connectivity index (χ4n) is 23.5. The summed E-state index contributed by atoms with van der Waals surface area (Å²) in [7, 11) is 4.40. The molecule has 12 aliphatic rings. The first-order chi connectivity index (χ1) is 57.7. The van der Waals surface area contributed by atoms with Crippen LogP contribution in [0.5, 0.6) is 34.5 Å². The van der Waals surface area contributed by atoms with Crippen molar-refractivity contribution < 1.29 is 78.6 Å². The standard InChI is InChI=1S/C32H31N3O5.C31H31BrN2O5.C24H20BrNO6.C7H13N/c1-39-24-17-34-18-25-28(24)31(38)29(36)26(30(37)35-22-8-5-9-23(35)15-14-22)27(20-6-3-2-4-7-20)32(31,40-25)21-12-10-19(16-33)11-13-21;1-38-23-16-33-17-24-27(23)30(37)28(35)25(29(36)34-21-8-5-9-22(34)15-14-21)26(18-6-3-2-4-7-18)31(30,39-24)19-10-12-20(32)13-11-19;1-31-16-11-26-12-17-20(16)23(30)21(27)18(22(28)29)19(13-5-3-2-4-6-13)24(23,32-17)14-7-9-15(25)10-8-14;1-2-6-4-5-7(3-1)8-6/h2-4,6-7,10-13,17-18,22-23,26-27,29,36,38H,5,8-9,14-15H2,1H3;2-4,6-7,10-13,16-17,21-22,25-26,28,35,37H,5,8-9,14-15H2,1H3;2-12,18-19,21,27,30H,1H3,(H,28,29);6-8H,1-5H2/t22-,23+,26-,27-,29-,31+,32+;21-,22+,25-,26-,28-,30+,31+;18-,19-,21-,23+,24+;6-,7+/m111./s1. The highest BCUT2D eigenvalue weighted by Crippen LogP contribution is 2.74. The molecule has 0 unspecified atom stereocenters. The molecule has 23 nitrogen and oxygen atoms in total. The van der Waals surface area contributed by atoms with Gasteiger partial charge in [0, 0.05) is 63.0 Å². The first kappa shape index (κ1) is 80.2. The number of carbonyl (C=O) groups excluding carboxylic acids is 2. The van der Waals surface area contributed by atoms with E-state index in [1.54, 1.807) is 79.0 Å². The Hall–Kier alpha value is -9.85. The maximum atomic E-state index is 14.7. The number of pyridine rings is 3. The number of rotatable bonds is 12. The maximum Gasteiger partial charge on any atom is 0.310 e. The van der Waals surface area contributed by atoms with Gasteiger partial charge in [0.05, 0.1) is 105 Å². The molecule has 0 spiro atoms. The molecule has 9 aromatic rings. The van der Waals surface area contributed by atoms with E-state index >= 15 is 0 Å². The summed E-state index contributed by atoms with van der Waals surface area (Å²) < 4.78 is 38.5. The molecule has 2 amide bonds. The van der Waals surface area contributed by atoms with Crippen LogP contribution < -0.4 is 33.7 Å². The minimum absolute atomic E-state index is 0.110. The van der Waals surface area contributed by atoms with Gasteiger partial charge in [-0.2, -0.15) is 5.26 Å². The van der Waals surface area contributed by atoms with Crippen molar-refractivity contribution in [1.29, 1.82) is 5.26 Å². The number of carbonyl (C=O) groups is 3. The molecule has 0 radical (unpaired) electrons. The quantitative estimate of drug-likeness (QED) is 0.0563. The van der Waals surface area contributed by atoms with Crippen molar-refractivity contribution >= 4 is 49.6 Å². The number of halogens is 2. The van der Waals surface area contributed by atoms with Gasteiger partial charge in [0.2, 0.25) is 11.8 Å². The number of methoxy groups -OCH3 is 3. The average molecular weight is 1740 g/mol. The van der Waals surface area contributed by atoms with Crippen LogP contribution >= 0.6 is 31.9 Å². The minimum atomic E-state index is -2.12. The molecule has 25 heteroatoms. The Morgan fingerprint density at radius 2 is 0.731 bits per heavy atom. The number of nitrogens with zero attached hydrogens (tertiary/aromatic N) is 6. The Labute approximate surface area is 706 Å². The molecule has 3 saturated carbocycles. The van der Waals surface area contributed by atoms with Crippen LogP contribution in [0.15, 0.2) is 210 Å². The van der Waals surface area contributed by atoms with Crippen LogP contribution in [0.3, 0.4) is 0 Å². The number of fused-ring (bicyclic) bond motifs is 15. The highest BCUT2D eigenvalue weighted by molar-refractivity contribution is 9.10. The molecule has 9 aliphatic heterocycles. The van der Waals surface area contributed by atoms with E-state index in [1.807, 2.05) is 101 Å². The van der Waals surface area contributed by atoms with Crippen LogP contribution in [-0.2, 0) is 48.0 Å². The molecule has 12 heterocycles. The van der Waals surface area contributed by atoms with Crippen molar-refractivity contribution in [2.75, 3.05) is 21.3 Å². The summed E-state index contributed by atoms with van der Waals surface area (Å²) in [5.41, 5.74) is -5.72. The average Bonchev–Trinajstić information content (AvgIpc) is 1.51. The van der Waals surface area contributed by atoms with Gasteiger partial charge < -0.3 is 79.3 Å². The van der Waals surface area contributed by atoms with Crippen molar-refractivity contribution in [2.24, 2.45) is 17.8 Å². The Morgan fingerprint density at radius 1 is 0.429 bits per heavy atom. The number of hydrogen-bond acceptors (Lipinski definition) is 20. The van der Waals surface area contributed by atoms with Crippen LogP contribution in [0.2, 0.25) is 0 Å². The van der Waals surface area contributed by atoms with Gasteiger partial charge in [-0.05, 0) is 160 Å². The molecular weight excluding hydrogens is 1640 g/mol. The van der Waals surface area contributed by atoms with Gasteiger partial charge in [0.25, 0.3) is 0 Å². The van der Waals surface area contributed by atoms with Gasteiger partial charge in [-0.15, -0.1) is 0 Å². The fraction of sp³-hybridized carbons (Fsp3) is 0.415. The summed E-state index contributed by atoms with van der Waals surface area (Å²) in [6.07, 6.45) is 21.4. The van der Waals surface area contributed by atoms with Gasteiger partial charge in [-0.1, -0.05) is 166 Å². The number of nitrogens with one attached hydrogen (secondary N) is 1. The number of benzene rings is 6. The molecule has 3 aromatic heterocycles. The summed E-state index contributed by atoms with van der Waals surface area (Å²) in [6.45, 7) is 0. The zero-order chi connectivity index (χ0) is 82.7. The van der Waals surface area contributed by atoms with Crippen LogP contribution in [0.4, 0.5) is 0 Å². The predicted octanol–water partition coefficient (Wildman–Crippen LogP) is 12.9. The molecule has 616 valence electrons. The summed E-state index contributed by atoms with van der Waals surface area (Å²) >= 11 is 6.94. The fourth-order valence-corrected chi connectivity index (χ4v) is 24.0. The van der Waals surface area contributed by atoms with E-state index in [-0.39, 0.29) is 70.1 Å². The van der Waals surface area contributed by atoms with E-state index in [1.165, 1.54) is 84.4 Å². The zero-order valence-electron chi connectivity index (χ0n) is 66.1. The second kappa shape index (κ2) is 31.3. The zero-order valence-corrected chi connectivity index (χ0v) is 69.2. The second-order valence-electron chi connectivity index (χ2n) is 33.8. The minimum Gasteiger partial charge on any atom is -0.495 e. The largest absolute Gasteiger partial charge is 0.495 e. The third-order valence-corrected chi connectivity index (χ3v) is 29.4. The van der Waals surface area contributed by atoms with Crippen LogP contribution in [0.1, 0.15) is 170 Å². The lowest BCUT2D eigenvalue weighted by Crippen LogP contribution is -2.52. The van der Waals surface area contributed by atoms with Gasteiger partial charge >= 0.3 is 5.97 Å². The van der Waals surface area contributed by atoms with E-state index in [4.69, 9.17) is 28.4 Å². The number of aliphatic hydroxyl groups is 6. The van der Waals surface area contributed by atoms with Crippen molar-refractivity contribution in [1.82, 2.24) is 30.1 Å².